The van der Waals surface area contributed by atoms with Crippen molar-refractivity contribution in [2.75, 3.05) is 18.4 Å². The molecule has 7 nitrogen and oxygen atoms in total. The van der Waals surface area contributed by atoms with Gasteiger partial charge >= 0.3 is 0 Å². The molecule has 0 saturated carbocycles. The van der Waals surface area contributed by atoms with E-state index in [-0.39, 0.29) is 11.8 Å². The number of thiazole rings is 1. The summed E-state index contributed by atoms with van der Waals surface area (Å²) < 4.78 is 0. The van der Waals surface area contributed by atoms with Crippen LogP contribution in [0.15, 0.2) is 49.2 Å². The average molecular weight is 407 g/mol. The van der Waals surface area contributed by atoms with Crippen molar-refractivity contribution in [3.05, 3.63) is 65.3 Å². The van der Waals surface area contributed by atoms with Crippen LogP contribution in [-0.4, -0.2) is 43.8 Å². The lowest BCUT2D eigenvalue weighted by Crippen LogP contribution is -2.37. The van der Waals surface area contributed by atoms with Crippen LogP contribution in [0.25, 0.3) is 6.08 Å². The molecule has 0 bridgehead atoms. The summed E-state index contributed by atoms with van der Waals surface area (Å²) in [4.78, 5) is 33.0. The topological polar surface area (TPSA) is 83.9 Å². The fourth-order valence-electron chi connectivity index (χ4n) is 3.38. The molecule has 4 heterocycles. The highest BCUT2D eigenvalue weighted by Crippen LogP contribution is 2.32. The maximum Gasteiger partial charge on any atom is 0.246 e. The molecule has 148 valence electrons. The number of nitrogens with zero attached hydrogens (tertiary/aromatic N) is 5. The second-order valence-electron chi connectivity index (χ2n) is 6.91. The van der Waals surface area contributed by atoms with Gasteiger partial charge in [-0.3, -0.25) is 14.8 Å². The zero-order valence-corrected chi connectivity index (χ0v) is 17.0. The lowest BCUT2D eigenvalue weighted by atomic mass is 9.93. The smallest absolute Gasteiger partial charge is 0.246 e. The molecule has 0 spiro atoms. The Morgan fingerprint density at radius 1 is 1.17 bits per heavy atom. The highest BCUT2D eigenvalue weighted by Gasteiger charge is 2.26. The Morgan fingerprint density at radius 2 is 2.00 bits per heavy atom. The van der Waals surface area contributed by atoms with Gasteiger partial charge in [0.2, 0.25) is 5.91 Å². The van der Waals surface area contributed by atoms with Gasteiger partial charge < -0.3 is 10.2 Å². The Kier molecular flexibility index (Phi) is 5.90. The average Bonchev–Trinajstić information content (AvgIpc) is 3.18. The molecule has 1 N–H and O–H groups in total. The van der Waals surface area contributed by atoms with Crippen LogP contribution in [0, 0.1) is 6.92 Å². The number of aryl methyl sites for hydroxylation is 1. The van der Waals surface area contributed by atoms with E-state index >= 15 is 0 Å². The minimum Gasteiger partial charge on any atom is -0.339 e. The van der Waals surface area contributed by atoms with Crippen LogP contribution in [0.4, 0.5) is 10.9 Å². The highest BCUT2D eigenvalue weighted by atomic mass is 32.1. The lowest BCUT2D eigenvalue weighted by molar-refractivity contribution is -0.126. The first-order valence-electron chi connectivity index (χ1n) is 9.56. The van der Waals surface area contributed by atoms with Gasteiger partial charge in [-0.25, -0.2) is 9.97 Å². The summed E-state index contributed by atoms with van der Waals surface area (Å²) >= 11 is 1.59. The molecular weight excluding hydrogens is 384 g/mol. The molecule has 0 aromatic carbocycles. The van der Waals surface area contributed by atoms with Gasteiger partial charge in [0, 0.05) is 60.9 Å². The molecule has 1 amide bonds. The number of carbonyl (C=O) groups is 1. The van der Waals surface area contributed by atoms with Crippen LogP contribution >= 0.6 is 11.3 Å². The van der Waals surface area contributed by atoms with Crippen LogP contribution in [0.5, 0.6) is 0 Å². The molecule has 29 heavy (non-hydrogen) atoms. The van der Waals surface area contributed by atoms with E-state index in [0.29, 0.717) is 13.1 Å². The van der Waals surface area contributed by atoms with Gasteiger partial charge in [-0.15, -0.1) is 11.3 Å². The summed E-state index contributed by atoms with van der Waals surface area (Å²) in [5.74, 6) is 1.05. The fraction of sp³-hybridized carbons (Fsp3) is 0.286. The summed E-state index contributed by atoms with van der Waals surface area (Å²) in [5.41, 5.74) is 1.86. The van der Waals surface area contributed by atoms with Crippen molar-refractivity contribution in [2.45, 2.75) is 25.7 Å². The van der Waals surface area contributed by atoms with Crippen LogP contribution < -0.4 is 5.32 Å². The molecule has 1 aliphatic rings. The standard InChI is InChI=1S/C21H22N6OS/c1-15-13-25-21(29-15)26-20-19(23-9-10-24-20)17-6-11-27(12-7-17)18(28)5-4-16-3-2-8-22-14-16/h2-5,8-10,13-14,17H,6-7,11-12H2,1H3,(H,24,25,26). The minimum absolute atomic E-state index is 0.0306. The Hall–Kier alpha value is -3.13. The number of carbonyl (C=O) groups excluding carboxylic acids is 1. The predicted octanol–water partition coefficient (Wildman–Crippen LogP) is 3.80. The monoisotopic (exact) mass is 406 g/mol. The highest BCUT2D eigenvalue weighted by molar-refractivity contribution is 7.15. The summed E-state index contributed by atoms with van der Waals surface area (Å²) in [6.45, 7) is 3.43. The number of hydrogen-bond acceptors (Lipinski definition) is 7. The minimum atomic E-state index is 0.0306. The first kappa shape index (κ1) is 19.2. The number of piperidine rings is 1. The molecule has 3 aromatic rings. The van der Waals surface area contributed by atoms with Crippen LogP contribution in [0.2, 0.25) is 0 Å². The normalized spacial score (nSPS) is 15.0. The molecule has 1 saturated heterocycles. The quantitative estimate of drug-likeness (QED) is 0.649. The molecular formula is C21H22N6OS. The van der Waals surface area contributed by atoms with Crippen molar-refractivity contribution in [1.82, 2.24) is 24.8 Å². The number of pyridine rings is 1. The molecule has 1 aliphatic heterocycles. The Balaban J connectivity index is 1.38. The first-order valence-corrected chi connectivity index (χ1v) is 10.4. The molecule has 0 unspecified atom stereocenters. The summed E-state index contributed by atoms with van der Waals surface area (Å²) in [5, 5.41) is 4.12. The summed E-state index contributed by atoms with van der Waals surface area (Å²) in [6.07, 6.45) is 13.9. The second kappa shape index (κ2) is 8.91. The van der Waals surface area contributed by atoms with Crippen molar-refractivity contribution < 1.29 is 4.79 Å². The third-order valence-corrected chi connectivity index (χ3v) is 5.70. The number of hydrogen-bond donors (Lipinski definition) is 1. The SMILES string of the molecule is Cc1cnc(Nc2nccnc2C2CCN(C(=O)C=Cc3cccnc3)CC2)s1. The number of anilines is 2. The number of nitrogens with one attached hydrogen (secondary N) is 1. The van der Waals surface area contributed by atoms with Crippen molar-refractivity contribution in [3.8, 4) is 0 Å². The zero-order chi connectivity index (χ0) is 20.1. The van der Waals surface area contributed by atoms with Gasteiger partial charge in [0.25, 0.3) is 0 Å². The van der Waals surface area contributed by atoms with E-state index in [1.54, 1.807) is 42.2 Å². The van der Waals surface area contributed by atoms with Crippen LogP contribution in [0.1, 0.15) is 34.9 Å². The number of aromatic nitrogens is 4. The van der Waals surface area contributed by atoms with Gasteiger partial charge in [0.1, 0.15) is 0 Å². The fourth-order valence-corrected chi connectivity index (χ4v) is 4.04. The van der Waals surface area contributed by atoms with E-state index in [0.717, 1.165) is 39.9 Å². The van der Waals surface area contributed by atoms with Gasteiger partial charge in [-0.1, -0.05) is 6.07 Å². The Bertz CT molecular complexity index is 995. The van der Waals surface area contributed by atoms with Gasteiger partial charge in [-0.05, 0) is 37.5 Å². The second-order valence-corrected chi connectivity index (χ2v) is 8.15. The van der Waals surface area contributed by atoms with Crippen molar-refractivity contribution in [2.24, 2.45) is 0 Å². The number of rotatable bonds is 5. The molecule has 1 fully saturated rings. The van der Waals surface area contributed by atoms with Crippen molar-refractivity contribution in [1.29, 1.82) is 0 Å². The molecule has 3 aromatic heterocycles. The third-order valence-electron chi connectivity index (χ3n) is 4.87. The molecule has 8 heteroatoms. The van der Waals surface area contributed by atoms with E-state index in [2.05, 4.69) is 25.3 Å². The molecule has 0 radical (unpaired) electrons. The zero-order valence-electron chi connectivity index (χ0n) is 16.2. The van der Waals surface area contributed by atoms with E-state index in [1.165, 1.54) is 0 Å². The van der Waals surface area contributed by atoms with E-state index in [9.17, 15) is 4.79 Å². The number of amides is 1. The van der Waals surface area contributed by atoms with E-state index in [4.69, 9.17) is 0 Å². The first-order chi connectivity index (χ1) is 14.2. The van der Waals surface area contributed by atoms with Crippen LogP contribution in [-0.2, 0) is 4.79 Å². The Morgan fingerprint density at radius 3 is 2.72 bits per heavy atom. The molecule has 4 rings (SSSR count). The summed E-state index contributed by atoms with van der Waals surface area (Å²) in [7, 11) is 0. The van der Waals surface area contributed by atoms with Gasteiger partial charge in [0.05, 0.1) is 5.69 Å². The molecule has 0 atom stereocenters. The molecule has 0 aliphatic carbocycles. The van der Waals surface area contributed by atoms with E-state index in [1.807, 2.05) is 36.2 Å². The van der Waals surface area contributed by atoms with Crippen LogP contribution in [0.3, 0.4) is 0 Å². The third kappa shape index (κ3) is 4.83. The Labute approximate surface area is 173 Å². The largest absolute Gasteiger partial charge is 0.339 e. The predicted molar refractivity (Wildman–Crippen MR) is 114 cm³/mol. The summed E-state index contributed by atoms with van der Waals surface area (Å²) in [6, 6.07) is 3.78. The van der Waals surface area contributed by atoms with E-state index < -0.39 is 0 Å². The van der Waals surface area contributed by atoms with Crippen molar-refractivity contribution >= 4 is 34.3 Å². The maximum atomic E-state index is 12.5. The lowest BCUT2D eigenvalue weighted by Gasteiger charge is -2.31. The van der Waals surface area contributed by atoms with Crippen molar-refractivity contribution in [3.63, 3.8) is 0 Å². The number of likely N-dealkylation sites (tertiary alicyclic amines) is 1. The van der Waals surface area contributed by atoms with Gasteiger partial charge in [0.15, 0.2) is 10.9 Å². The maximum absolute atomic E-state index is 12.5. The van der Waals surface area contributed by atoms with Gasteiger partial charge in [-0.2, -0.15) is 0 Å².